The van der Waals surface area contributed by atoms with Crippen molar-refractivity contribution in [3.05, 3.63) is 65.2 Å². The second-order valence-electron chi connectivity index (χ2n) is 6.54. The minimum Gasteiger partial charge on any atom is -0.478 e. The van der Waals surface area contributed by atoms with Crippen molar-refractivity contribution >= 4 is 23.5 Å². The topological polar surface area (TPSA) is 92.7 Å². The highest BCUT2D eigenvalue weighted by Crippen LogP contribution is 2.36. The van der Waals surface area contributed by atoms with Crippen LogP contribution in [0.1, 0.15) is 28.4 Å². The smallest absolute Gasteiger partial charge is 0.413 e. The Kier molecular flexibility index (Phi) is 7.37. The van der Waals surface area contributed by atoms with Crippen LogP contribution in [0, 0.1) is 0 Å². The fraction of sp³-hybridized carbons (Fsp3) is 0.286. The van der Waals surface area contributed by atoms with Crippen molar-refractivity contribution in [1.82, 2.24) is 0 Å². The van der Waals surface area contributed by atoms with Crippen LogP contribution in [0.5, 0.6) is 0 Å². The van der Waals surface area contributed by atoms with Gasteiger partial charge in [0.2, 0.25) is 0 Å². The maximum atomic E-state index is 14.0. The molecule has 0 saturated carbocycles. The van der Waals surface area contributed by atoms with E-state index in [-0.39, 0.29) is 17.7 Å². The fourth-order valence-electron chi connectivity index (χ4n) is 2.47. The van der Waals surface area contributed by atoms with Crippen LogP contribution < -0.4 is 5.32 Å². The van der Waals surface area contributed by atoms with Crippen LogP contribution in [0.25, 0.3) is 0 Å². The van der Waals surface area contributed by atoms with Gasteiger partial charge in [-0.3, -0.25) is 4.79 Å². The summed E-state index contributed by atoms with van der Waals surface area (Å²) in [6, 6.07) is 10.8. The van der Waals surface area contributed by atoms with E-state index in [0.29, 0.717) is 12.0 Å². The largest absolute Gasteiger partial charge is 0.478 e. The van der Waals surface area contributed by atoms with Gasteiger partial charge in [-0.2, -0.15) is 17.6 Å². The summed E-state index contributed by atoms with van der Waals surface area (Å²) >= 11 is 0. The molecule has 0 spiro atoms. The standard InChI is InChI=1S/C21H19F4NO5/c1-2-13-5-9-16(10-6-13)26-18(29)20(22,23)21(24,25)19(30)31-12-11-14-3-7-15(8-4-14)17(27)28/h3-10H,2,11-12H2,1H3,(H,26,29)(H,27,28). The third-order valence-electron chi connectivity index (χ3n) is 4.38. The maximum Gasteiger partial charge on any atom is 0.413 e. The lowest BCUT2D eigenvalue weighted by Gasteiger charge is -2.23. The molecule has 2 rings (SSSR count). The number of aromatic carboxylic acids is 1. The van der Waals surface area contributed by atoms with Gasteiger partial charge in [0, 0.05) is 12.1 Å². The summed E-state index contributed by atoms with van der Waals surface area (Å²) in [5, 5.41) is 10.5. The number of hydrogen-bond acceptors (Lipinski definition) is 4. The number of hydrogen-bond donors (Lipinski definition) is 2. The molecule has 2 aromatic carbocycles. The van der Waals surface area contributed by atoms with Crippen LogP contribution >= 0.6 is 0 Å². The Morgan fingerprint density at radius 1 is 0.903 bits per heavy atom. The van der Waals surface area contributed by atoms with E-state index in [9.17, 15) is 31.9 Å². The SMILES string of the molecule is CCc1ccc(NC(=O)C(F)(F)C(F)(F)C(=O)OCCc2ccc(C(=O)O)cc2)cc1. The lowest BCUT2D eigenvalue weighted by atomic mass is 10.1. The van der Waals surface area contributed by atoms with Crippen LogP contribution in [0.4, 0.5) is 23.2 Å². The Labute approximate surface area is 174 Å². The Hall–Kier alpha value is -3.43. The van der Waals surface area contributed by atoms with E-state index >= 15 is 0 Å². The highest BCUT2D eigenvalue weighted by atomic mass is 19.3. The van der Waals surface area contributed by atoms with Crippen molar-refractivity contribution in [3.63, 3.8) is 0 Å². The first-order valence-corrected chi connectivity index (χ1v) is 9.14. The molecular weight excluding hydrogens is 422 g/mol. The first kappa shape index (κ1) is 23.8. The molecule has 1 amide bonds. The number of nitrogens with one attached hydrogen (secondary N) is 1. The van der Waals surface area contributed by atoms with E-state index in [2.05, 4.69) is 4.74 Å². The molecule has 0 saturated heterocycles. The average Bonchev–Trinajstić information content (AvgIpc) is 2.74. The zero-order chi connectivity index (χ0) is 23.2. The molecular formula is C21H19F4NO5. The summed E-state index contributed by atoms with van der Waals surface area (Å²) in [6.07, 6.45) is 0.529. The molecule has 0 aromatic heterocycles. The van der Waals surface area contributed by atoms with Gasteiger partial charge in [-0.1, -0.05) is 31.2 Å². The molecule has 0 aliphatic carbocycles. The number of alkyl halides is 4. The number of aryl methyl sites for hydroxylation is 1. The highest BCUT2D eigenvalue weighted by Gasteiger charge is 2.68. The Morgan fingerprint density at radius 3 is 1.97 bits per heavy atom. The normalized spacial score (nSPS) is 11.6. The van der Waals surface area contributed by atoms with Crippen molar-refractivity contribution in [2.45, 2.75) is 31.6 Å². The number of amides is 1. The zero-order valence-corrected chi connectivity index (χ0v) is 16.3. The van der Waals surface area contributed by atoms with Gasteiger partial charge in [-0.25, -0.2) is 9.59 Å². The molecule has 2 aromatic rings. The number of anilines is 1. The van der Waals surface area contributed by atoms with Gasteiger partial charge in [-0.05, 0) is 41.8 Å². The third-order valence-corrected chi connectivity index (χ3v) is 4.38. The van der Waals surface area contributed by atoms with E-state index < -0.39 is 36.3 Å². The van der Waals surface area contributed by atoms with Crippen molar-refractivity contribution in [2.75, 3.05) is 11.9 Å². The highest BCUT2D eigenvalue weighted by molar-refractivity contribution is 6.00. The Morgan fingerprint density at radius 2 is 1.45 bits per heavy atom. The molecule has 2 N–H and O–H groups in total. The molecule has 166 valence electrons. The number of carbonyl (C=O) groups is 3. The summed E-state index contributed by atoms with van der Waals surface area (Å²) in [4.78, 5) is 34.1. The Bertz CT molecular complexity index is 943. The van der Waals surface area contributed by atoms with Crippen LogP contribution in [0.15, 0.2) is 48.5 Å². The van der Waals surface area contributed by atoms with Crippen molar-refractivity contribution < 1.29 is 41.8 Å². The molecule has 0 aliphatic heterocycles. The predicted octanol–water partition coefficient (Wildman–Crippen LogP) is 3.94. The molecule has 0 radical (unpaired) electrons. The van der Waals surface area contributed by atoms with E-state index in [1.54, 1.807) is 5.32 Å². The lowest BCUT2D eigenvalue weighted by molar-refractivity contribution is -0.223. The number of ether oxygens (including phenoxy) is 1. The third kappa shape index (κ3) is 5.59. The summed E-state index contributed by atoms with van der Waals surface area (Å²) in [5.41, 5.74) is 1.13. The van der Waals surface area contributed by atoms with E-state index in [4.69, 9.17) is 5.11 Å². The van der Waals surface area contributed by atoms with E-state index in [0.717, 1.165) is 5.56 Å². The van der Waals surface area contributed by atoms with Crippen LogP contribution in [0.3, 0.4) is 0 Å². The molecule has 0 unspecified atom stereocenters. The maximum absolute atomic E-state index is 14.0. The first-order chi connectivity index (χ1) is 14.5. The summed E-state index contributed by atoms with van der Waals surface area (Å²) < 4.78 is 60.3. The Balaban J connectivity index is 1.97. The minimum absolute atomic E-state index is 0.0118. The molecule has 10 heteroatoms. The average molecular weight is 441 g/mol. The van der Waals surface area contributed by atoms with E-state index in [1.807, 2.05) is 6.92 Å². The van der Waals surface area contributed by atoms with Gasteiger partial charge in [0.15, 0.2) is 0 Å². The molecule has 31 heavy (non-hydrogen) atoms. The second kappa shape index (κ2) is 9.59. The molecule has 6 nitrogen and oxygen atoms in total. The quantitative estimate of drug-likeness (QED) is 0.454. The van der Waals surface area contributed by atoms with Crippen LogP contribution in [-0.4, -0.2) is 41.4 Å². The van der Waals surface area contributed by atoms with Gasteiger partial charge in [0.05, 0.1) is 12.2 Å². The van der Waals surface area contributed by atoms with Crippen molar-refractivity contribution in [1.29, 1.82) is 0 Å². The van der Waals surface area contributed by atoms with Gasteiger partial charge in [-0.15, -0.1) is 0 Å². The number of carboxylic acid groups (broad SMARTS) is 1. The monoisotopic (exact) mass is 441 g/mol. The van der Waals surface area contributed by atoms with Gasteiger partial charge >= 0.3 is 29.7 Å². The number of halogens is 4. The molecule has 0 atom stereocenters. The van der Waals surface area contributed by atoms with Crippen LogP contribution in [0.2, 0.25) is 0 Å². The van der Waals surface area contributed by atoms with Crippen molar-refractivity contribution in [2.24, 2.45) is 0 Å². The molecule has 0 heterocycles. The second-order valence-corrected chi connectivity index (χ2v) is 6.54. The first-order valence-electron chi connectivity index (χ1n) is 9.14. The predicted molar refractivity (Wildman–Crippen MR) is 102 cm³/mol. The lowest BCUT2D eigenvalue weighted by Crippen LogP contribution is -2.55. The number of carbonyl (C=O) groups excluding carboxylic acids is 2. The fourth-order valence-corrected chi connectivity index (χ4v) is 2.47. The van der Waals surface area contributed by atoms with Gasteiger partial charge in [0.25, 0.3) is 0 Å². The van der Waals surface area contributed by atoms with E-state index in [1.165, 1.54) is 48.5 Å². The molecule has 0 bridgehead atoms. The molecule has 0 aliphatic rings. The number of esters is 1. The minimum atomic E-state index is -5.40. The summed E-state index contributed by atoms with van der Waals surface area (Å²) in [7, 11) is 0. The molecule has 0 fully saturated rings. The number of benzene rings is 2. The summed E-state index contributed by atoms with van der Waals surface area (Å²) in [5.74, 6) is -16.8. The number of carboxylic acids is 1. The van der Waals surface area contributed by atoms with Crippen LogP contribution in [-0.2, 0) is 27.2 Å². The van der Waals surface area contributed by atoms with Gasteiger partial charge in [0.1, 0.15) is 0 Å². The van der Waals surface area contributed by atoms with Gasteiger partial charge < -0.3 is 15.2 Å². The zero-order valence-electron chi connectivity index (χ0n) is 16.3. The van der Waals surface area contributed by atoms with Crippen molar-refractivity contribution in [3.8, 4) is 0 Å². The summed E-state index contributed by atoms with van der Waals surface area (Å²) in [6.45, 7) is 1.18. The number of rotatable bonds is 9.